The van der Waals surface area contributed by atoms with Gasteiger partial charge in [-0.25, -0.2) is 0 Å². The van der Waals surface area contributed by atoms with E-state index in [1.54, 1.807) is 24.3 Å². The van der Waals surface area contributed by atoms with Crippen molar-refractivity contribution in [1.82, 2.24) is 0 Å². The maximum atomic E-state index is 12.7. The average molecular weight is 334 g/mol. The highest BCUT2D eigenvalue weighted by molar-refractivity contribution is 6.42. The molecule has 1 atom stereocenters. The first kappa shape index (κ1) is 16.1. The normalized spacial score (nSPS) is 13.2. The van der Waals surface area contributed by atoms with Crippen molar-refractivity contribution in [2.75, 3.05) is 0 Å². The van der Waals surface area contributed by atoms with Crippen LogP contribution in [0.25, 0.3) is 0 Å². The zero-order chi connectivity index (χ0) is 15.6. The molecule has 0 aliphatic rings. The molecule has 0 amide bonds. The second kappa shape index (κ2) is 6.26. The Hall–Kier alpha value is -1.23. The maximum absolute atomic E-state index is 12.7. The van der Waals surface area contributed by atoms with Crippen LogP contribution in [0.2, 0.25) is 10.0 Å². The number of alkyl halides is 3. The summed E-state index contributed by atoms with van der Waals surface area (Å²) in [6.45, 7) is 0. The zero-order valence-corrected chi connectivity index (χ0v) is 12.3. The fraction of sp³-hybridized carbons (Fsp3) is 0.200. The molecule has 2 aromatic rings. The van der Waals surface area contributed by atoms with Crippen LogP contribution in [0.1, 0.15) is 22.7 Å². The summed E-state index contributed by atoms with van der Waals surface area (Å²) >= 11 is 11.7. The third-order valence-corrected chi connectivity index (χ3v) is 3.82. The lowest BCUT2D eigenvalue weighted by atomic mass is 9.98. The van der Waals surface area contributed by atoms with Gasteiger partial charge < -0.3 is 5.73 Å². The predicted octanol–water partition coefficient (Wildman–Crippen LogP) is 5.25. The molecule has 2 rings (SSSR count). The van der Waals surface area contributed by atoms with Gasteiger partial charge in [0.25, 0.3) is 0 Å². The van der Waals surface area contributed by atoms with E-state index in [1.165, 1.54) is 6.07 Å². The van der Waals surface area contributed by atoms with Crippen molar-refractivity contribution >= 4 is 23.2 Å². The van der Waals surface area contributed by atoms with Crippen LogP contribution in [-0.2, 0) is 12.6 Å². The van der Waals surface area contributed by atoms with E-state index in [1.807, 2.05) is 0 Å². The van der Waals surface area contributed by atoms with Gasteiger partial charge in [-0.2, -0.15) is 13.2 Å². The predicted molar refractivity (Wildman–Crippen MR) is 78.5 cm³/mol. The van der Waals surface area contributed by atoms with Crippen molar-refractivity contribution in [2.45, 2.75) is 18.6 Å². The summed E-state index contributed by atoms with van der Waals surface area (Å²) in [6, 6.07) is 9.64. The lowest BCUT2D eigenvalue weighted by Crippen LogP contribution is -2.14. The molecule has 0 bridgehead atoms. The molecule has 0 radical (unpaired) electrons. The van der Waals surface area contributed by atoms with Crippen molar-refractivity contribution in [3.05, 3.63) is 69.2 Å². The van der Waals surface area contributed by atoms with Gasteiger partial charge in [-0.1, -0.05) is 47.5 Å². The van der Waals surface area contributed by atoms with Gasteiger partial charge in [0, 0.05) is 6.04 Å². The molecule has 112 valence electrons. The Kier molecular flexibility index (Phi) is 4.81. The van der Waals surface area contributed by atoms with Crippen molar-refractivity contribution in [3.63, 3.8) is 0 Å². The first-order chi connectivity index (χ1) is 9.77. The summed E-state index contributed by atoms with van der Waals surface area (Å²) in [4.78, 5) is 0. The number of benzene rings is 2. The fourth-order valence-corrected chi connectivity index (χ4v) is 2.30. The molecule has 0 aliphatic carbocycles. The van der Waals surface area contributed by atoms with Gasteiger partial charge in [0.05, 0.1) is 15.6 Å². The van der Waals surface area contributed by atoms with Crippen LogP contribution < -0.4 is 5.73 Å². The van der Waals surface area contributed by atoms with E-state index in [4.69, 9.17) is 28.9 Å². The van der Waals surface area contributed by atoms with E-state index in [9.17, 15) is 13.2 Å². The van der Waals surface area contributed by atoms with Crippen LogP contribution >= 0.6 is 23.2 Å². The lowest BCUT2D eigenvalue weighted by molar-refractivity contribution is -0.137. The van der Waals surface area contributed by atoms with E-state index in [2.05, 4.69) is 0 Å². The summed E-state index contributed by atoms with van der Waals surface area (Å²) in [7, 11) is 0. The molecular formula is C15H12Cl2F3N. The topological polar surface area (TPSA) is 26.0 Å². The number of hydrogen-bond acceptors (Lipinski definition) is 1. The highest BCUT2D eigenvalue weighted by Gasteiger charge is 2.30. The van der Waals surface area contributed by atoms with Crippen LogP contribution in [0.3, 0.4) is 0 Å². The number of nitrogens with two attached hydrogens (primary N) is 1. The van der Waals surface area contributed by atoms with Crippen molar-refractivity contribution in [3.8, 4) is 0 Å². The highest BCUT2D eigenvalue weighted by atomic mass is 35.5. The standard InChI is InChI=1S/C15H12Cl2F3N/c16-12-5-4-10(8-13(12)17)14(21)7-9-2-1-3-11(6-9)15(18,19)20/h1-6,8,14H,7,21H2. The number of rotatable bonds is 3. The molecule has 1 unspecified atom stereocenters. The van der Waals surface area contributed by atoms with Gasteiger partial charge in [-0.3, -0.25) is 0 Å². The molecule has 0 heterocycles. The largest absolute Gasteiger partial charge is 0.416 e. The van der Waals surface area contributed by atoms with Crippen molar-refractivity contribution in [2.24, 2.45) is 5.73 Å². The molecule has 0 fully saturated rings. The van der Waals surface area contributed by atoms with Gasteiger partial charge in [-0.15, -0.1) is 0 Å². The molecule has 0 saturated carbocycles. The van der Waals surface area contributed by atoms with Crippen LogP contribution in [0.4, 0.5) is 13.2 Å². The van der Waals surface area contributed by atoms with Gasteiger partial charge in [0.1, 0.15) is 0 Å². The van der Waals surface area contributed by atoms with E-state index in [-0.39, 0.29) is 6.42 Å². The van der Waals surface area contributed by atoms with Crippen LogP contribution in [0.15, 0.2) is 42.5 Å². The monoisotopic (exact) mass is 333 g/mol. The minimum atomic E-state index is -4.36. The third kappa shape index (κ3) is 4.13. The lowest BCUT2D eigenvalue weighted by Gasteiger charge is -2.14. The fourth-order valence-electron chi connectivity index (χ4n) is 1.99. The second-order valence-electron chi connectivity index (χ2n) is 4.68. The summed E-state index contributed by atoms with van der Waals surface area (Å²) in [5.74, 6) is 0. The third-order valence-electron chi connectivity index (χ3n) is 3.08. The Balaban J connectivity index is 2.19. The number of halogens is 5. The van der Waals surface area contributed by atoms with Crippen LogP contribution in [-0.4, -0.2) is 0 Å². The zero-order valence-electron chi connectivity index (χ0n) is 10.8. The molecule has 1 nitrogen and oxygen atoms in total. The Morgan fingerprint density at radius 1 is 1.00 bits per heavy atom. The molecule has 0 spiro atoms. The Labute approximate surface area is 130 Å². The molecule has 0 saturated heterocycles. The van der Waals surface area contributed by atoms with Gasteiger partial charge in [0.15, 0.2) is 0 Å². The Bertz CT molecular complexity index is 641. The summed E-state index contributed by atoms with van der Waals surface area (Å²) in [5, 5.41) is 0.778. The molecule has 2 aromatic carbocycles. The SMILES string of the molecule is NC(Cc1cccc(C(F)(F)F)c1)c1ccc(Cl)c(Cl)c1. The molecular weight excluding hydrogens is 322 g/mol. The highest BCUT2D eigenvalue weighted by Crippen LogP contribution is 2.31. The van der Waals surface area contributed by atoms with Gasteiger partial charge in [0.2, 0.25) is 0 Å². The summed E-state index contributed by atoms with van der Waals surface area (Å²) in [6.07, 6.45) is -4.08. The minimum absolute atomic E-state index is 0.280. The number of hydrogen-bond donors (Lipinski definition) is 1. The molecule has 0 aliphatic heterocycles. The summed E-state index contributed by atoms with van der Waals surface area (Å²) in [5.41, 5.74) is 6.58. The molecule has 21 heavy (non-hydrogen) atoms. The quantitative estimate of drug-likeness (QED) is 0.815. The maximum Gasteiger partial charge on any atom is 0.416 e. The first-order valence-corrected chi connectivity index (χ1v) is 6.89. The van der Waals surface area contributed by atoms with E-state index in [0.717, 1.165) is 17.7 Å². The van der Waals surface area contributed by atoms with Crippen molar-refractivity contribution < 1.29 is 13.2 Å². The van der Waals surface area contributed by atoms with Crippen LogP contribution in [0, 0.1) is 0 Å². The van der Waals surface area contributed by atoms with Gasteiger partial charge in [-0.05, 0) is 35.7 Å². The summed E-state index contributed by atoms with van der Waals surface area (Å²) < 4.78 is 38.0. The molecule has 0 aromatic heterocycles. The minimum Gasteiger partial charge on any atom is -0.324 e. The Morgan fingerprint density at radius 3 is 2.33 bits per heavy atom. The van der Waals surface area contributed by atoms with Gasteiger partial charge >= 0.3 is 6.18 Å². The molecule has 2 N–H and O–H groups in total. The average Bonchev–Trinajstić information content (AvgIpc) is 2.41. The Morgan fingerprint density at radius 2 is 1.71 bits per heavy atom. The first-order valence-electron chi connectivity index (χ1n) is 6.14. The van der Waals surface area contributed by atoms with Crippen LogP contribution in [0.5, 0.6) is 0 Å². The smallest absolute Gasteiger partial charge is 0.324 e. The van der Waals surface area contributed by atoms with E-state index >= 15 is 0 Å². The second-order valence-corrected chi connectivity index (χ2v) is 5.50. The van der Waals surface area contributed by atoms with E-state index < -0.39 is 17.8 Å². The van der Waals surface area contributed by atoms with Crippen molar-refractivity contribution in [1.29, 1.82) is 0 Å². The molecule has 6 heteroatoms. The van der Waals surface area contributed by atoms with E-state index in [0.29, 0.717) is 15.6 Å².